The molecule has 2 heteroatoms. The molecule has 0 aromatic carbocycles. The van der Waals surface area contributed by atoms with Crippen LogP contribution >= 0.6 is 0 Å². The van der Waals surface area contributed by atoms with E-state index in [2.05, 4.69) is 23.5 Å². The van der Waals surface area contributed by atoms with Crippen molar-refractivity contribution in [2.75, 3.05) is 7.11 Å². The van der Waals surface area contributed by atoms with Crippen molar-refractivity contribution in [2.45, 2.75) is 39.0 Å². The van der Waals surface area contributed by atoms with E-state index < -0.39 is 5.97 Å². The molecule has 0 spiro atoms. The van der Waals surface area contributed by atoms with Gasteiger partial charge in [0.05, 0.1) is 7.11 Å². The summed E-state index contributed by atoms with van der Waals surface area (Å²) in [5.41, 5.74) is 0. The highest BCUT2D eigenvalue weighted by molar-refractivity contribution is 5.88. The van der Waals surface area contributed by atoms with Gasteiger partial charge < -0.3 is 4.74 Å². The smallest absolute Gasteiger partial charge is 0.384 e. The molecule has 0 fully saturated rings. The fourth-order valence-electron chi connectivity index (χ4n) is 0.826. The van der Waals surface area contributed by atoms with Crippen molar-refractivity contribution in [1.29, 1.82) is 0 Å². The summed E-state index contributed by atoms with van der Waals surface area (Å²) in [5.74, 6) is 4.73. The Labute approximate surface area is 74.3 Å². The highest BCUT2D eigenvalue weighted by atomic mass is 16.6. The van der Waals surface area contributed by atoms with Gasteiger partial charge in [-0.3, -0.25) is 0 Å². The van der Waals surface area contributed by atoms with Crippen molar-refractivity contribution >= 4 is 5.97 Å². The number of rotatable bonds is 4. The summed E-state index contributed by atoms with van der Waals surface area (Å²) in [6.45, 7) is 2.17. The molecule has 0 radical (unpaired) electrons. The number of methoxy groups -OCH3 is 1. The quantitative estimate of drug-likeness (QED) is 0.212. The summed E-state index contributed by atoms with van der Waals surface area (Å²) in [4.78, 5) is 10.5. The van der Waals surface area contributed by atoms with Gasteiger partial charge in [-0.2, -0.15) is 0 Å². The van der Waals surface area contributed by atoms with Gasteiger partial charge in [0.1, 0.15) is 0 Å². The van der Waals surface area contributed by atoms with Crippen LogP contribution in [0.25, 0.3) is 0 Å². The van der Waals surface area contributed by atoms with E-state index in [9.17, 15) is 4.79 Å². The Morgan fingerprint density at radius 3 is 2.67 bits per heavy atom. The molecule has 0 aliphatic carbocycles. The van der Waals surface area contributed by atoms with E-state index >= 15 is 0 Å². The molecule has 0 unspecified atom stereocenters. The highest BCUT2D eigenvalue weighted by Gasteiger charge is 1.88. The fraction of sp³-hybridized carbons (Fsp3) is 0.700. The van der Waals surface area contributed by atoms with Crippen LogP contribution in [0.5, 0.6) is 0 Å². The van der Waals surface area contributed by atoms with E-state index in [4.69, 9.17) is 0 Å². The minimum absolute atomic E-state index is 0.439. The molecule has 0 aliphatic heterocycles. The maximum atomic E-state index is 10.5. The van der Waals surface area contributed by atoms with Crippen molar-refractivity contribution in [1.82, 2.24) is 0 Å². The van der Waals surface area contributed by atoms with E-state index in [1.54, 1.807) is 0 Å². The number of hydrogen-bond acceptors (Lipinski definition) is 2. The van der Waals surface area contributed by atoms with Gasteiger partial charge in [-0.25, -0.2) is 4.79 Å². The number of esters is 1. The zero-order valence-electron chi connectivity index (χ0n) is 7.85. The van der Waals surface area contributed by atoms with Crippen LogP contribution < -0.4 is 0 Å². The Bertz CT molecular complexity index is 174. The first-order chi connectivity index (χ1) is 5.81. The third-order valence-electron chi connectivity index (χ3n) is 1.53. The summed E-state index contributed by atoms with van der Waals surface area (Å²) in [6, 6.07) is 0. The van der Waals surface area contributed by atoms with Crippen LogP contribution in [-0.4, -0.2) is 13.1 Å². The molecule has 0 saturated heterocycles. The number of carbonyl (C=O) groups excluding carboxylic acids is 1. The first-order valence-corrected chi connectivity index (χ1v) is 4.38. The van der Waals surface area contributed by atoms with E-state index in [0.29, 0.717) is 0 Å². The SMILES string of the molecule is CCCCCCC#C[13C](=O)OC. The Kier molecular flexibility index (Phi) is 7.47. The minimum Gasteiger partial charge on any atom is -0.459 e. The van der Waals surface area contributed by atoms with Crippen molar-refractivity contribution in [3.05, 3.63) is 0 Å². The molecule has 0 rings (SSSR count). The normalized spacial score (nSPS) is 8.50. The number of hydrogen-bond donors (Lipinski definition) is 0. The van der Waals surface area contributed by atoms with Gasteiger partial charge in [-0.15, -0.1) is 0 Å². The minimum atomic E-state index is -0.439. The van der Waals surface area contributed by atoms with Gasteiger partial charge in [0, 0.05) is 12.3 Å². The summed E-state index contributed by atoms with van der Waals surface area (Å²) < 4.78 is 4.37. The first-order valence-electron chi connectivity index (χ1n) is 4.38. The van der Waals surface area contributed by atoms with Crippen LogP contribution in [0.1, 0.15) is 39.0 Å². The number of unbranched alkanes of at least 4 members (excludes halogenated alkanes) is 4. The molecule has 0 heterocycles. The lowest BCUT2D eigenvalue weighted by Crippen LogP contribution is -1.94. The van der Waals surface area contributed by atoms with Crippen LogP contribution in [0.4, 0.5) is 0 Å². The molecule has 0 N–H and O–H groups in total. The predicted molar refractivity (Wildman–Crippen MR) is 48.6 cm³/mol. The molecule has 0 bridgehead atoms. The van der Waals surface area contributed by atoms with Gasteiger partial charge in [-0.05, 0) is 6.42 Å². The topological polar surface area (TPSA) is 26.3 Å². The lowest BCUT2D eigenvalue weighted by molar-refractivity contribution is -0.133. The molecule has 12 heavy (non-hydrogen) atoms. The van der Waals surface area contributed by atoms with Crippen LogP contribution in [0.15, 0.2) is 0 Å². The molecular weight excluding hydrogens is 153 g/mol. The molecule has 0 saturated carbocycles. The molecule has 0 aliphatic rings. The highest BCUT2D eigenvalue weighted by Crippen LogP contribution is 2.00. The maximum absolute atomic E-state index is 10.5. The van der Waals surface area contributed by atoms with E-state index in [-0.39, 0.29) is 0 Å². The molecule has 0 amide bonds. The van der Waals surface area contributed by atoms with Crippen molar-refractivity contribution < 1.29 is 9.53 Å². The number of carbonyl (C=O) groups is 1. The second-order valence-electron chi connectivity index (χ2n) is 2.60. The Balaban J connectivity index is 3.27. The molecule has 0 aromatic heterocycles. The lowest BCUT2D eigenvalue weighted by atomic mass is 10.2. The van der Waals surface area contributed by atoms with Gasteiger partial charge in [0.2, 0.25) is 0 Å². The zero-order valence-corrected chi connectivity index (χ0v) is 7.85. The Morgan fingerprint density at radius 1 is 1.33 bits per heavy atom. The summed E-state index contributed by atoms with van der Waals surface area (Å²) in [6.07, 6.45) is 5.56. The summed E-state index contributed by atoms with van der Waals surface area (Å²) in [5, 5.41) is 0. The third kappa shape index (κ3) is 7.14. The largest absolute Gasteiger partial charge is 0.459 e. The standard InChI is InChI=1S/C10H16O2/c1-3-4-5-6-7-8-9-10(11)12-2/h3-7H2,1-2H3/i10+1. The predicted octanol–water partition coefficient (Wildman–Crippen LogP) is 2.13. The number of ether oxygens (including phenoxy) is 1. The molecule has 0 atom stereocenters. The van der Waals surface area contributed by atoms with Crippen molar-refractivity contribution in [3.63, 3.8) is 0 Å². The summed E-state index contributed by atoms with van der Waals surface area (Å²) >= 11 is 0. The van der Waals surface area contributed by atoms with Crippen LogP contribution in [0.2, 0.25) is 0 Å². The molecule has 2 nitrogen and oxygen atoms in total. The van der Waals surface area contributed by atoms with Crippen LogP contribution in [-0.2, 0) is 9.53 Å². The van der Waals surface area contributed by atoms with Gasteiger partial charge in [-0.1, -0.05) is 32.1 Å². The fourth-order valence-corrected chi connectivity index (χ4v) is 0.826. The lowest BCUT2D eigenvalue weighted by Gasteiger charge is -1.91. The average molecular weight is 169 g/mol. The second kappa shape index (κ2) is 8.13. The second-order valence-corrected chi connectivity index (χ2v) is 2.60. The zero-order chi connectivity index (χ0) is 9.23. The Hall–Kier alpha value is -0.970. The van der Waals surface area contributed by atoms with Gasteiger partial charge in [0.15, 0.2) is 0 Å². The monoisotopic (exact) mass is 169 g/mol. The van der Waals surface area contributed by atoms with E-state index in [0.717, 1.165) is 12.8 Å². The molecule has 68 valence electrons. The summed E-state index contributed by atoms with van der Waals surface area (Å²) in [7, 11) is 1.34. The first kappa shape index (κ1) is 11.0. The maximum Gasteiger partial charge on any atom is 0.384 e. The molecular formula is C10H16O2. The van der Waals surface area contributed by atoms with Gasteiger partial charge >= 0.3 is 5.97 Å². The van der Waals surface area contributed by atoms with E-state index in [1.165, 1.54) is 26.4 Å². The van der Waals surface area contributed by atoms with Crippen molar-refractivity contribution in [2.24, 2.45) is 0 Å². The van der Waals surface area contributed by atoms with Crippen LogP contribution in [0.3, 0.4) is 0 Å². The third-order valence-corrected chi connectivity index (χ3v) is 1.53. The van der Waals surface area contributed by atoms with E-state index in [1.807, 2.05) is 0 Å². The van der Waals surface area contributed by atoms with Gasteiger partial charge in [0.25, 0.3) is 0 Å². The van der Waals surface area contributed by atoms with Crippen LogP contribution in [0, 0.1) is 11.8 Å². The van der Waals surface area contributed by atoms with Crippen molar-refractivity contribution in [3.8, 4) is 11.8 Å². The average Bonchev–Trinajstić information content (AvgIpc) is 2.10. The Morgan fingerprint density at radius 2 is 2.08 bits per heavy atom. The molecule has 0 aromatic rings.